The number of aliphatic hydroxyl groups is 2. The van der Waals surface area contributed by atoms with Gasteiger partial charge in [0.05, 0.1) is 19.8 Å². The average molecular weight is 823 g/mol. The fourth-order valence-electron chi connectivity index (χ4n) is 5.48. The van der Waals surface area contributed by atoms with Gasteiger partial charge in [-0.25, -0.2) is 4.57 Å². The Kier molecular flexibility index (Phi) is 39.7. The van der Waals surface area contributed by atoms with E-state index >= 15 is 0 Å². The second-order valence-corrected chi connectivity index (χ2v) is 15.8. The number of unbranched alkanes of at least 4 members (excludes halogenated alkanes) is 14. The summed E-state index contributed by atoms with van der Waals surface area (Å²) in [5, 5.41) is 18.3. The SMILES string of the molecule is CC/C=C/C/C=C/C/C=C/C/C=C/C/C=C/CCCCCC(=O)O[C@H](COC(=O)CCCC/C=C/CCCCCCCCCCC)COP(=O)(O)OC[C@@H](O)CO. The van der Waals surface area contributed by atoms with E-state index in [-0.39, 0.29) is 19.4 Å². The van der Waals surface area contributed by atoms with Crippen LogP contribution in [0.2, 0.25) is 0 Å². The first-order chi connectivity index (χ1) is 27.7. The van der Waals surface area contributed by atoms with Crippen LogP contribution in [-0.4, -0.2) is 65.7 Å². The average Bonchev–Trinajstić information content (AvgIpc) is 3.20. The zero-order valence-corrected chi connectivity index (χ0v) is 36.4. The molecule has 0 aliphatic heterocycles. The lowest BCUT2D eigenvalue weighted by atomic mass is 10.1. The number of rotatable bonds is 40. The van der Waals surface area contributed by atoms with Crippen molar-refractivity contribution in [2.75, 3.05) is 26.4 Å². The van der Waals surface area contributed by atoms with Crippen LogP contribution >= 0.6 is 7.82 Å². The minimum absolute atomic E-state index is 0.138. The lowest BCUT2D eigenvalue weighted by molar-refractivity contribution is -0.161. The molecule has 0 saturated heterocycles. The smallest absolute Gasteiger partial charge is 0.462 e. The van der Waals surface area contributed by atoms with Gasteiger partial charge < -0.3 is 24.6 Å². The summed E-state index contributed by atoms with van der Waals surface area (Å²) < 4.78 is 32.7. The number of aliphatic hydroxyl groups excluding tert-OH is 2. The van der Waals surface area contributed by atoms with Crippen molar-refractivity contribution < 1.29 is 47.8 Å². The van der Waals surface area contributed by atoms with Gasteiger partial charge in [-0.05, 0) is 83.5 Å². The van der Waals surface area contributed by atoms with Gasteiger partial charge in [0, 0.05) is 12.8 Å². The van der Waals surface area contributed by atoms with Crippen LogP contribution in [0.5, 0.6) is 0 Å². The molecule has 1 unspecified atom stereocenters. The van der Waals surface area contributed by atoms with Crippen molar-refractivity contribution in [2.45, 2.75) is 180 Å². The molecule has 0 heterocycles. The summed E-state index contributed by atoms with van der Waals surface area (Å²) in [7, 11) is -4.63. The Bertz CT molecular complexity index is 1180. The fourth-order valence-corrected chi connectivity index (χ4v) is 6.27. The number of hydrogen-bond acceptors (Lipinski definition) is 9. The molecule has 0 aliphatic rings. The molecule has 0 radical (unpaired) electrons. The Morgan fingerprint density at radius 1 is 0.544 bits per heavy atom. The molecule has 0 rings (SSSR count). The number of phosphoric ester groups is 1. The molecule has 10 nitrogen and oxygen atoms in total. The highest BCUT2D eigenvalue weighted by Gasteiger charge is 2.27. The minimum Gasteiger partial charge on any atom is -0.462 e. The van der Waals surface area contributed by atoms with Gasteiger partial charge in [0.2, 0.25) is 0 Å². The first-order valence-electron chi connectivity index (χ1n) is 21.9. The van der Waals surface area contributed by atoms with Crippen LogP contribution < -0.4 is 0 Å². The summed E-state index contributed by atoms with van der Waals surface area (Å²) in [6, 6.07) is 0. The maximum Gasteiger partial charge on any atom is 0.472 e. The summed E-state index contributed by atoms with van der Waals surface area (Å²) in [5.41, 5.74) is 0. The summed E-state index contributed by atoms with van der Waals surface area (Å²) in [5.74, 6) is -0.993. The predicted molar refractivity (Wildman–Crippen MR) is 233 cm³/mol. The van der Waals surface area contributed by atoms with Crippen LogP contribution in [0.1, 0.15) is 168 Å². The van der Waals surface area contributed by atoms with E-state index in [2.05, 4.69) is 91.3 Å². The van der Waals surface area contributed by atoms with E-state index in [0.717, 1.165) is 70.6 Å². The Hall–Kier alpha value is -2.59. The second kappa shape index (κ2) is 41.6. The van der Waals surface area contributed by atoms with Crippen LogP contribution in [0.3, 0.4) is 0 Å². The molecule has 11 heteroatoms. The van der Waals surface area contributed by atoms with Crippen LogP contribution in [0.4, 0.5) is 0 Å². The Morgan fingerprint density at radius 2 is 0.965 bits per heavy atom. The van der Waals surface area contributed by atoms with Crippen molar-refractivity contribution in [1.82, 2.24) is 0 Å². The third kappa shape index (κ3) is 41.4. The van der Waals surface area contributed by atoms with Crippen LogP contribution in [0.25, 0.3) is 0 Å². The summed E-state index contributed by atoms with van der Waals surface area (Å²) >= 11 is 0. The van der Waals surface area contributed by atoms with Crippen molar-refractivity contribution in [2.24, 2.45) is 0 Å². The zero-order chi connectivity index (χ0) is 41.9. The van der Waals surface area contributed by atoms with Crippen molar-refractivity contribution in [3.8, 4) is 0 Å². The van der Waals surface area contributed by atoms with Gasteiger partial charge in [-0.1, -0.05) is 145 Å². The zero-order valence-electron chi connectivity index (χ0n) is 35.5. The largest absolute Gasteiger partial charge is 0.472 e. The number of hydrogen-bond donors (Lipinski definition) is 3. The van der Waals surface area contributed by atoms with E-state index in [1.54, 1.807) is 0 Å². The molecule has 0 saturated carbocycles. The third-order valence-corrected chi connectivity index (χ3v) is 9.80. The van der Waals surface area contributed by atoms with Crippen molar-refractivity contribution in [3.05, 3.63) is 72.9 Å². The molecule has 0 aromatic carbocycles. The molecule has 57 heavy (non-hydrogen) atoms. The van der Waals surface area contributed by atoms with E-state index in [1.807, 2.05) is 0 Å². The van der Waals surface area contributed by atoms with Gasteiger partial charge >= 0.3 is 19.8 Å². The highest BCUT2D eigenvalue weighted by atomic mass is 31.2. The fraction of sp³-hybridized carbons (Fsp3) is 0.696. The topological polar surface area (TPSA) is 149 Å². The standard InChI is InChI=1S/C46H79O10P/c1-3-5-7-9-11-13-15-17-19-20-21-22-24-26-28-30-32-34-36-38-46(50)56-44(42-55-57(51,52)54-40-43(48)39-47)41-53-45(49)37-35-33-31-29-27-25-23-18-16-14-12-10-8-6-4-2/h5,7,11,13,17,19,21-22,26-29,43-44,47-48H,3-4,6,8-10,12,14-16,18,20,23-25,30-42H2,1-2H3,(H,51,52)/b7-5+,13-11+,19-17+,22-21+,28-26+,29-27+/t43-,44+/m0/s1. The molecule has 0 fully saturated rings. The molecule has 0 aromatic heterocycles. The van der Waals surface area contributed by atoms with E-state index in [9.17, 15) is 24.2 Å². The first kappa shape index (κ1) is 54.4. The van der Waals surface area contributed by atoms with Crippen LogP contribution in [0, 0.1) is 0 Å². The molecule has 0 aliphatic carbocycles. The van der Waals surface area contributed by atoms with E-state index in [4.69, 9.17) is 19.1 Å². The summed E-state index contributed by atoms with van der Waals surface area (Å²) in [4.78, 5) is 35.0. The normalized spacial score (nSPS) is 14.5. The predicted octanol–water partition coefficient (Wildman–Crippen LogP) is 11.7. The highest BCUT2D eigenvalue weighted by molar-refractivity contribution is 7.47. The van der Waals surface area contributed by atoms with E-state index in [0.29, 0.717) is 12.8 Å². The van der Waals surface area contributed by atoms with E-state index in [1.165, 1.54) is 57.8 Å². The lowest BCUT2D eigenvalue weighted by Crippen LogP contribution is -2.29. The number of ether oxygens (including phenoxy) is 2. The quantitative estimate of drug-likeness (QED) is 0.0236. The molecule has 0 spiro atoms. The Morgan fingerprint density at radius 3 is 1.51 bits per heavy atom. The first-order valence-corrected chi connectivity index (χ1v) is 23.4. The van der Waals surface area contributed by atoms with Gasteiger partial charge in [-0.15, -0.1) is 0 Å². The number of esters is 2. The van der Waals surface area contributed by atoms with Gasteiger partial charge in [-0.3, -0.25) is 18.6 Å². The molecule has 328 valence electrons. The molecule has 0 bridgehead atoms. The monoisotopic (exact) mass is 823 g/mol. The van der Waals surface area contributed by atoms with Gasteiger partial charge in [0.25, 0.3) is 0 Å². The Balaban J connectivity index is 4.40. The number of allylic oxidation sites excluding steroid dienone is 12. The minimum atomic E-state index is -4.63. The van der Waals surface area contributed by atoms with Crippen molar-refractivity contribution in [3.63, 3.8) is 0 Å². The van der Waals surface area contributed by atoms with Gasteiger partial charge in [0.1, 0.15) is 12.7 Å². The maximum absolute atomic E-state index is 12.6. The van der Waals surface area contributed by atoms with Crippen molar-refractivity contribution >= 4 is 19.8 Å². The third-order valence-electron chi connectivity index (χ3n) is 8.84. The second-order valence-electron chi connectivity index (χ2n) is 14.3. The lowest BCUT2D eigenvalue weighted by Gasteiger charge is -2.20. The molecule has 3 atom stereocenters. The maximum atomic E-state index is 12.6. The molecular formula is C46H79O10P. The number of carbonyl (C=O) groups is 2. The highest BCUT2D eigenvalue weighted by Crippen LogP contribution is 2.43. The van der Waals surface area contributed by atoms with Crippen molar-refractivity contribution in [1.29, 1.82) is 0 Å². The van der Waals surface area contributed by atoms with E-state index < -0.39 is 51.8 Å². The Labute approximate surface area is 346 Å². The molecular weight excluding hydrogens is 743 g/mol. The van der Waals surface area contributed by atoms with Gasteiger partial charge in [0.15, 0.2) is 6.10 Å². The number of phosphoric acid groups is 1. The van der Waals surface area contributed by atoms with Crippen LogP contribution in [-0.2, 0) is 32.7 Å². The van der Waals surface area contributed by atoms with Gasteiger partial charge in [-0.2, -0.15) is 0 Å². The molecule has 0 aromatic rings. The summed E-state index contributed by atoms with van der Waals surface area (Å²) in [6.07, 6.45) is 47.3. The molecule has 3 N–H and O–H groups in total. The summed E-state index contributed by atoms with van der Waals surface area (Å²) in [6.45, 7) is 2.19. The van der Waals surface area contributed by atoms with Crippen LogP contribution in [0.15, 0.2) is 72.9 Å². The number of carbonyl (C=O) groups excluding carboxylic acids is 2. The molecule has 0 amide bonds.